The zero-order valence-electron chi connectivity index (χ0n) is 21.1. The molecule has 1 saturated heterocycles. The molecule has 0 aromatic rings. The third-order valence-electron chi connectivity index (χ3n) is 5.87. The maximum absolute atomic E-state index is 15.4. The number of Topliss-reactive ketones (excluding diaryl/α,β-unsaturated/α-hetero) is 1. The molecule has 0 saturated carbocycles. The monoisotopic (exact) mass is 439 g/mol. The van der Waals surface area contributed by atoms with Crippen molar-refractivity contribution in [2.75, 3.05) is 34.2 Å². The number of nitrogens with zero attached hydrogens (tertiary/aromatic N) is 3. The molecule has 0 spiro atoms. The highest BCUT2D eigenvalue weighted by Crippen LogP contribution is 2.30. The summed E-state index contributed by atoms with van der Waals surface area (Å²) in [5, 5.41) is 0. The Morgan fingerprint density at radius 2 is 1.58 bits per heavy atom. The van der Waals surface area contributed by atoms with Gasteiger partial charge in [-0.2, -0.15) is 0 Å². The molecule has 0 unspecified atom stereocenters. The summed E-state index contributed by atoms with van der Waals surface area (Å²) in [6.07, 6.45) is 0.113. The molecule has 1 rings (SSSR count). The summed E-state index contributed by atoms with van der Waals surface area (Å²) in [5.74, 6) is 4.37. The molecule has 6 nitrogen and oxygen atoms in total. The Balaban J connectivity index is 0.00000436. The van der Waals surface area contributed by atoms with Gasteiger partial charge >= 0.3 is 0 Å². The molecule has 0 aromatic carbocycles. The molecule has 2 amide bonds. The van der Waals surface area contributed by atoms with E-state index in [1.807, 2.05) is 60.5 Å². The first-order valence-corrected chi connectivity index (χ1v) is 11.2. The van der Waals surface area contributed by atoms with Crippen LogP contribution in [0.3, 0.4) is 0 Å². The molecule has 0 N–H and O–H groups in total. The maximum atomic E-state index is 15.4. The fraction of sp³-hybridized carbons (Fsp3) is 0.792. The van der Waals surface area contributed by atoms with E-state index in [0.29, 0.717) is 6.42 Å². The number of piperidine rings is 1. The molecule has 1 aliphatic rings. The van der Waals surface area contributed by atoms with Crippen molar-refractivity contribution in [1.29, 1.82) is 0 Å². The second-order valence-corrected chi connectivity index (χ2v) is 8.89. The number of halogens is 1. The van der Waals surface area contributed by atoms with Crippen LogP contribution < -0.4 is 0 Å². The number of likely N-dealkylation sites (N-methyl/N-ethyl adjacent to an activating group) is 1. The van der Waals surface area contributed by atoms with Crippen LogP contribution in [-0.4, -0.2) is 83.8 Å². The zero-order valence-corrected chi connectivity index (χ0v) is 21.1. The Bertz CT molecular complexity index is 684. The van der Waals surface area contributed by atoms with E-state index in [4.69, 9.17) is 0 Å². The van der Waals surface area contributed by atoms with Crippen molar-refractivity contribution in [3.8, 4) is 11.8 Å². The number of rotatable bonds is 6. The SMILES string of the molecule is CC.CCC(=O)[C@H](C(C)C)N(C)C(=O)C1(F)CCN(C(=O)C#CC(C)(C)N(C)C)CC1. The van der Waals surface area contributed by atoms with Crippen LogP contribution in [0.5, 0.6) is 0 Å². The van der Waals surface area contributed by atoms with E-state index in [1.165, 1.54) is 16.8 Å². The number of hydrogen-bond donors (Lipinski definition) is 0. The molecule has 7 heteroatoms. The van der Waals surface area contributed by atoms with Crippen molar-refractivity contribution in [2.45, 2.75) is 85.0 Å². The van der Waals surface area contributed by atoms with Gasteiger partial charge < -0.3 is 9.80 Å². The quantitative estimate of drug-likeness (QED) is 0.597. The molecule has 1 fully saturated rings. The van der Waals surface area contributed by atoms with Gasteiger partial charge in [0.05, 0.1) is 11.6 Å². The molecule has 1 atom stereocenters. The highest BCUT2D eigenvalue weighted by molar-refractivity contribution is 5.95. The highest BCUT2D eigenvalue weighted by atomic mass is 19.1. The van der Waals surface area contributed by atoms with E-state index >= 15 is 4.39 Å². The van der Waals surface area contributed by atoms with Crippen LogP contribution in [0.25, 0.3) is 0 Å². The van der Waals surface area contributed by atoms with Gasteiger partial charge in [0.15, 0.2) is 11.5 Å². The first-order chi connectivity index (χ1) is 14.3. The third-order valence-corrected chi connectivity index (χ3v) is 5.87. The van der Waals surface area contributed by atoms with Crippen LogP contribution in [-0.2, 0) is 14.4 Å². The van der Waals surface area contributed by atoms with E-state index < -0.39 is 23.2 Å². The van der Waals surface area contributed by atoms with Crippen molar-refractivity contribution in [2.24, 2.45) is 5.92 Å². The van der Waals surface area contributed by atoms with Crippen LogP contribution in [0.2, 0.25) is 0 Å². The molecular formula is C24H42FN3O3. The fourth-order valence-electron chi connectivity index (χ4n) is 3.36. The molecule has 1 heterocycles. The summed E-state index contributed by atoms with van der Waals surface area (Å²) in [5.41, 5.74) is -2.52. The van der Waals surface area contributed by atoms with Crippen LogP contribution >= 0.6 is 0 Å². The van der Waals surface area contributed by atoms with Crippen molar-refractivity contribution in [1.82, 2.24) is 14.7 Å². The van der Waals surface area contributed by atoms with Crippen LogP contribution in [0.4, 0.5) is 4.39 Å². The van der Waals surface area contributed by atoms with Gasteiger partial charge in [-0.3, -0.25) is 19.3 Å². The number of carbonyl (C=O) groups excluding carboxylic acids is 3. The Morgan fingerprint density at radius 3 is 1.97 bits per heavy atom. The van der Waals surface area contributed by atoms with Crippen LogP contribution in [0, 0.1) is 17.8 Å². The van der Waals surface area contributed by atoms with E-state index in [-0.39, 0.29) is 43.5 Å². The number of ketones is 1. The number of alkyl halides is 1. The molecule has 0 aliphatic carbocycles. The van der Waals surface area contributed by atoms with E-state index in [1.54, 1.807) is 6.92 Å². The minimum atomic E-state index is -2.07. The average Bonchev–Trinajstić information content (AvgIpc) is 2.72. The Hall–Kier alpha value is -1.94. The second kappa shape index (κ2) is 12.2. The van der Waals surface area contributed by atoms with Gasteiger partial charge in [0.1, 0.15) is 0 Å². The van der Waals surface area contributed by atoms with Crippen molar-refractivity contribution in [3.63, 3.8) is 0 Å². The summed E-state index contributed by atoms with van der Waals surface area (Å²) < 4.78 is 15.4. The first kappa shape index (κ1) is 29.1. The standard InChI is InChI=1S/C22H36FN3O3.C2H6/c1-9-17(27)19(16(2)3)25(8)20(29)22(23)12-14-26(15-13-22)18(28)10-11-21(4,5)24(6)7;1-2/h16,19H,9,12-15H2,1-8H3;1-2H3/t19-;/m0./s1. The summed E-state index contributed by atoms with van der Waals surface area (Å²) >= 11 is 0. The number of amides is 2. The predicted molar refractivity (Wildman–Crippen MR) is 123 cm³/mol. The lowest BCUT2D eigenvalue weighted by molar-refractivity contribution is -0.153. The molecule has 178 valence electrons. The topological polar surface area (TPSA) is 60.9 Å². The zero-order chi connectivity index (χ0) is 24.6. The van der Waals surface area contributed by atoms with E-state index in [0.717, 1.165) is 0 Å². The Labute approximate surface area is 188 Å². The minimum absolute atomic E-state index is 0.0779. The Morgan fingerprint density at radius 1 is 1.10 bits per heavy atom. The summed E-state index contributed by atoms with van der Waals surface area (Å²) in [7, 11) is 5.26. The lowest BCUT2D eigenvalue weighted by Gasteiger charge is -2.39. The number of hydrogen-bond acceptors (Lipinski definition) is 4. The lowest BCUT2D eigenvalue weighted by Crippen LogP contribution is -2.56. The molecule has 31 heavy (non-hydrogen) atoms. The van der Waals surface area contributed by atoms with Crippen LogP contribution in [0.15, 0.2) is 0 Å². The van der Waals surface area contributed by atoms with Crippen molar-refractivity contribution < 1.29 is 18.8 Å². The largest absolute Gasteiger partial charge is 0.333 e. The molecule has 0 bridgehead atoms. The first-order valence-electron chi connectivity index (χ1n) is 11.2. The van der Waals surface area contributed by atoms with Gasteiger partial charge in [-0.15, -0.1) is 0 Å². The number of likely N-dealkylation sites (tertiary alicyclic amines) is 1. The van der Waals surface area contributed by atoms with Gasteiger partial charge in [-0.25, -0.2) is 4.39 Å². The van der Waals surface area contributed by atoms with Crippen LogP contribution in [0.1, 0.15) is 67.7 Å². The van der Waals surface area contributed by atoms with Gasteiger partial charge in [0, 0.05) is 39.4 Å². The van der Waals surface area contributed by atoms with Gasteiger partial charge in [0.2, 0.25) is 0 Å². The summed E-state index contributed by atoms with van der Waals surface area (Å²) in [4.78, 5) is 42.1. The molecule has 0 aromatic heterocycles. The Kier molecular flexibility index (Phi) is 11.4. The van der Waals surface area contributed by atoms with Gasteiger partial charge in [-0.1, -0.05) is 40.5 Å². The van der Waals surface area contributed by atoms with E-state index in [2.05, 4.69) is 11.8 Å². The molecule has 0 radical (unpaired) electrons. The van der Waals surface area contributed by atoms with Gasteiger partial charge in [0.25, 0.3) is 11.8 Å². The fourth-order valence-corrected chi connectivity index (χ4v) is 3.36. The summed E-state index contributed by atoms with van der Waals surface area (Å²) in [6.45, 7) is 13.5. The lowest BCUT2D eigenvalue weighted by atomic mass is 9.89. The second-order valence-electron chi connectivity index (χ2n) is 8.89. The normalized spacial score (nSPS) is 16.6. The summed E-state index contributed by atoms with van der Waals surface area (Å²) in [6, 6.07) is -0.640. The average molecular weight is 440 g/mol. The maximum Gasteiger partial charge on any atom is 0.298 e. The predicted octanol–water partition coefficient (Wildman–Crippen LogP) is 3.15. The van der Waals surface area contributed by atoms with Gasteiger partial charge in [-0.05, 0) is 39.8 Å². The smallest absolute Gasteiger partial charge is 0.298 e. The molecule has 1 aliphatic heterocycles. The highest BCUT2D eigenvalue weighted by Gasteiger charge is 2.46. The number of carbonyl (C=O) groups is 3. The van der Waals surface area contributed by atoms with Crippen molar-refractivity contribution in [3.05, 3.63) is 0 Å². The third kappa shape index (κ3) is 7.60. The van der Waals surface area contributed by atoms with Crippen molar-refractivity contribution >= 4 is 17.6 Å². The van der Waals surface area contributed by atoms with E-state index in [9.17, 15) is 14.4 Å². The molecular weight excluding hydrogens is 397 g/mol. The minimum Gasteiger partial charge on any atom is -0.333 e.